The number of rotatable bonds is 1. The Bertz CT molecular complexity index is 732. The van der Waals surface area contributed by atoms with E-state index in [-0.39, 0.29) is 0 Å². The quantitative estimate of drug-likeness (QED) is 0.741. The lowest BCUT2D eigenvalue weighted by atomic mass is 10.3. The molecule has 4 nitrogen and oxygen atoms in total. The number of nitrogens with zero attached hydrogens (tertiary/aromatic N) is 1. The number of aromatic nitrogens is 2. The van der Waals surface area contributed by atoms with Gasteiger partial charge in [-0.25, -0.2) is 4.98 Å². The van der Waals surface area contributed by atoms with Crippen LogP contribution in [0.4, 0.5) is 0 Å². The number of hydrogen-bond donors (Lipinski definition) is 1. The van der Waals surface area contributed by atoms with E-state index >= 15 is 0 Å². The second-order valence-electron chi connectivity index (χ2n) is 4.88. The Balaban J connectivity index is 1.86. The maximum atomic E-state index is 5.71. The van der Waals surface area contributed by atoms with Crippen LogP contribution in [0, 0.1) is 6.92 Å². The number of fused-ring (bicyclic) bond motifs is 2. The van der Waals surface area contributed by atoms with Gasteiger partial charge in [-0.05, 0) is 23.9 Å². The van der Waals surface area contributed by atoms with Gasteiger partial charge in [-0.1, -0.05) is 0 Å². The minimum atomic E-state index is 0.694. The van der Waals surface area contributed by atoms with Crippen LogP contribution in [0.25, 0.3) is 21.7 Å². The molecule has 0 atom stereocenters. The maximum absolute atomic E-state index is 5.71. The molecule has 5 heteroatoms. The smallest absolute Gasteiger partial charge is 0.163 e. The fourth-order valence-electron chi connectivity index (χ4n) is 2.39. The summed E-state index contributed by atoms with van der Waals surface area (Å²) in [5, 5.41) is 2.08. The third-order valence-corrected chi connectivity index (χ3v) is 4.45. The summed E-state index contributed by atoms with van der Waals surface area (Å²) in [4.78, 5) is 9.23. The van der Waals surface area contributed by atoms with E-state index in [1.807, 2.05) is 12.1 Å². The Kier molecular flexibility index (Phi) is 2.67. The second kappa shape index (κ2) is 4.52. The van der Waals surface area contributed by atoms with E-state index < -0.39 is 0 Å². The number of hydrogen-bond acceptors (Lipinski definition) is 4. The molecular weight excluding hydrogens is 272 g/mol. The van der Waals surface area contributed by atoms with E-state index in [4.69, 9.17) is 9.47 Å². The molecule has 1 aliphatic heterocycles. The first-order chi connectivity index (χ1) is 9.81. The number of ether oxygens (including phenoxy) is 2. The van der Waals surface area contributed by atoms with Gasteiger partial charge in [0.2, 0.25) is 0 Å². The Morgan fingerprint density at radius 2 is 2.00 bits per heavy atom. The monoisotopic (exact) mass is 286 g/mol. The summed E-state index contributed by atoms with van der Waals surface area (Å²) in [7, 11) is 0. The molecule has 3 aromatic rings. The van der Waals surface area contributed by atoms with Crippen molar-refractivity contribution in [2.24, 2.45) is 0 Å². The molecule has 102 valence electrons. The minimum absolute atomic E-state index is 0.694. The van der Waals surface area contributed by atoms with Crippen LogP contribution < -0.4 is 9.47 Å². The van der Waals surface area contributed by atoms with Crippen molar-refractivity contribution in [2.45, 2.75) is 13.3 Å². The molecule has 4 rings (SSSR count). The molecule has 0 amide bonds. The van der Waals surface area contributed by atoms with E-state index in [2.05, 4.69) is 28.3 Å². The number of H-pyrrole nitrogens is 1. The van der Waals surface area contributed by atoms with Crippen molar-refractivity contribution in [1.29, 1.82) is 0 Å². The predicted octanol–water partition coefficient (Wildman–Crippen LogP) is 3.76. The van der Waals surface area contributed by atoms with Crippen molar-refractivity contribution in [3.8, 4) is 22.2 Å². The molecule has 1 aromatic carbocycles. The van der Waals surface area contributed by atoms with Crippen LogP contribution in [-0.2, 0) is 0 Å². The van der Waals surface area contributed by atoms with Crippen molar-refractivity contribution in [3.63, 3.8) is 0 Å². The van der Waals surface area contributed by atoms with Crippen LogP contribution in [0.2, 0.25) is 0 Å². The summed E-state index contributed by atoms with van der Waals surface area (Å²) in [6.45, 7) is 3.49. The number of thiophene rings is 1. The first-order valence-corrected chi connectivity index (χ1v) is 7.53. The lowest BCUT2D eigenvalue weighted by molar-refractivity contribution is 0.297. The van der Waals surface area contributed by atoms with Gasteiger partial charge in [0.25, 0.3) is 0 Å². The molecule has 0 fully saturated rings. The van der Waals surface area contributed by atoms with Gasteiger partial charge in [0.15, 0.2) is 11.5 Å². The molecule has 0 unspecified atom stereocenters. The summed E-state index contributed by atoms with van der Waals surface area (Å²) in [6.07, 6.45) is 0.912. The van der Waals surface area contributed by atoms with Crippen molar-refractivity contribution >= 4 is 22.4 Å². The summed E-state index contributed by atoms with van der Waals surface area (Å²) in [5.74, 6) is 2.50. The first kappa shape index (κ1) is 11.8. The number of imidazole rings is 1. The number of aryl methyl sites for hydroxylation is 1. The van der Waals surface area contributed by atoms with Crippen LogP contribution in [0.3, 0.4) is 0 Å². The molecule has 0 saturated heterocycles. The highest BCUT2D eigenvalue weighted by molar-refractivity contribution is 7.13. The normalized spacial score (nSPS) is 14.4. The number of aromatic amines is 1. The van der Waals surface area contributed by atoms with Gasteiger partial charge in [-0.3, -0.25) is 0 Å². The van der Waals surface area contributed by atoms with E-state index in [9.17, 15) is 0 Å². The summed E-state index contributed by atoms with van der Waals surface area (Å²) >= 11 is 1.70. The molecule has 1 N–H and O–H groups in total. The molecule has 20 heavy (non-hydrogen) atoms. The van der Waals surface area contributed by atoms with Gasteiger partial charge in [0, 0.05) is 18.6 Å². The zero-order valence-electron chi connectivity index (χ0n) is 11.1. The van der Waals surface area contributed by atoms with Crippen molar-refractivity contribution in [3.05, 3.63) is 29.1 Å². The Morgan fingerprint density at radius 1 is 1.20 bits per heavy atom. The van der Waals surface area contributed by atoms with Crippen molar-refractivity contribution in [2.75, 3.05) is 13.2 Å². The van der Waals surface area contributed by atoms with E-state index in [0.29, 0.717) is 13.2 Å². The van der Waals surface area contributed by atoms with Gasteiger partial charge in [-0.2, -0.15) is 0 Å². The highest BCUT2D eigenvalue weighted by Crippen LogP contribution is 2.35. The molecule has 0 spiro atoms. The molecule has 3 heterocycles. The standard InChI is InChI=1S/C15H14N2O2S/c1-9-3-6-20-14(9)15-16-10-7-12-13(8-11(10)17-15)19-5-2-4-18-12/h3,6-8H,2,4-5H2,1H3,(H,16,17). The molecule has 0 radical (unpaired) electrons. The molecule has 1 aliphatic rings. The third kappa shape index (κ3) is 1.86. The highest BCUT2D eigenvalue weighted by Gasteiger charge is 2.15. The Labute approximate surface area is 120 Å². The third-order valence-electron chi connectivity index (χ3n) is 3.43. The van der Waals surface area contributed by atoms with Gasteiger partial charge < -0.3 is 14.5 Å². The van der Waals surface area contributed by atoms with E-state index in [0.717, 1.165) is 34.8 Å². The zero-order chi connectivity index (χ0) is 13.5. The fraction of sp³-hybridized carbons (Fsp3) is 0.267. The zero-order valence-corrected chi connectivity index (χ0v) is 11.9. The Morgan fingerprint density at radius 3 is 2.75 bits per heavy atom. The summed E-state index contributed by atoms with van der Waals surface area (Å²) in [6, 6.07) is 6.04. The molecule has 0 saturated carbocycles. The maximum Gasteiger partial charge on any atom is 0.163 e. The predicted molar refractivity (Wildman–Crippen MR) is 79.8 cm³/mol. The van der Waals surface area contributed by atoms with Crippen LogP contribution in [0.1, 0.15) is 12.0 Å². The van der Waals surface area contributed by atoms with Crippen LogP contribution >= 0.6 is 11.3 Å². The van der Waals surface area contributed by atoms with Crippen LogP contribution in [-0.4, -0.2) is 23.2 Å². The van der Waals surface area contributed by atoms with Crippen molar-refractivity contribution < 1.29 is 9.47 Å². The Hall–Kier alpha value is -2.01. The lowest BCUT2D eigenvalue weighted by Crippen LogP contribution is -1.97. The van der Waals surface area contributed by atoms with E-state index in [1.165, 1.54) is 10.4 Å². The van der Waals surface area contributed by atoms with Crippen LogP contribution in [0.15, 0.2) is 23.6 Å². The summed E-state index contributed by atoms with van der Waals surface area (Å²) < 4.78 is 11.4. The fourth-order valence-corrected chi connectivity index (χ4v) is 3.26. The van der Waals surface area contributed by atoms with Gasteiger partial charge >= 0.3 is 0 Å². The SMILES string of the molecule is Cc1ccsc1-c1nc2cc3c(cc2[nH]1)OCCCO3. The van der Waals surface area contributed by atoms with Crippen LogP contribution in [0.5, 0.6) is 11.5 Å². The molecular formula is C15H14N2O2S. The van der Waals surface area contributed by atoms with E-state index in [1.54, 1.807) is 11.3 Å². The molecule has 0 bridgehead atoms. The van der Waals surface area contributed by atoms with Gasteiger partial charge in [0.1, 0.15) is 5.82 Å². The minimum Gasteiger partial charge on any atom is -0.489 e. The summed E-state index contributed by atoms with van der Waals surface area (Å²) in [5.41, 5.74) is 3.14. The lowest BCUT2D eigenvalue weighted by Gasteiger charge is -2.05. The van der Waals surface area contributed by atoms with Gasteiger partial charge in [-0.15, -0.1) is 11.3 Å². The average molecular weight is 286 g/mol. The topological polar surface area (TPSA) is 47.1 Å². The first-order valence-electron chi connectivity index (χ1n) is 6.65. The second-order valence-corrected chi connectivity index (χ2v) is 5.80. The molecule has 2 aromatic heterocycles. The van der Waals surface area contributed by atoms with Gasteiger partial charge in [0.05, 0.1) is 29.1 Å². The molecule has 0 aliphatic carbocycles. The largest absolute Gasteiger partial charge is 0.489 e. The number of nitrogens with one attached hydrogen (secondary N) is 1. The number of benzene rings is 1. The average Bonchev–Trinajstić information content (AvgIpc) is 2.96. The highest BCUT2D eigenvalue weighted by atomic mass is 32.1. The van der Waals surface area contributed by atoms with Crippen molar-refractivity contribution in [1.82, 2.24) is 9.97 Å².